The molecule has 0 saturated carbocycles. The van der Waals surface area contributed by atoms with Crippen molar-refractivity contribution in [1.82, 2.24) is 4.57 Å². The molecule has 0 aliphatic rings. The second kappa shape index (κ2) is 6.13. The van der Waals surface area contributed by atoms with Crippen LogP contribution in [-0.4, -0.2) is 28.9 Å². The van der Waals surface area contributed by atoms with Crippen LogP contribution in [0, 0.1) is 10.1 Å². The molecule has 0 unspecified atom stereocenters. The lowest BCUT2D eigenvalue weighted by Gasteiger charge is -2.08. The zero-order valence-electron chi connectivity index (χ0n) is 11.0. The Labute approximate surface area is 118 Å². The van der Waals surface area contributed by atoms with E-state index in [-0.39, 0.29) is 12.3 Å². The zero-order chi connectivity index (χ0) is 15.5. The minimum absolute atomic E-state index is 0.0178. The predicted molar refractivity (Wildman–Crippen MR) is 70.1 cm³/mol. The number of nitro benzene ring substituents is 1. The van der Waals surface area contributed by atoms with Crippen LogP contribution < -0.4 is 0 Å². The van der Waals surface area contributed by atoms with Gasteiger partial charge in [0.1, 0.15) is 6.61 Å². The Bertz CT molecular complexity index is 637. The summed E-state index contributed by atoms with van der Waals surface area (Å²) < 4.78 is 42.0. The third-order valence-corrected chi connectivity index (χ3v) is 2.92. The number of alkyl halides is 3. The van der Waals surface area contributed by atoms with Gasteiger partial charge < -0.3 is 9.30 Å². The van der Waals surface area contributed by atoms with Crippen molar-refractivity contribution in [2.24, 2.45) is 0 Å². The fourth-order valence-corrected chi connectivity index (χ4v) is 2.01. The second-order valence-electron chi connectivity index (χ2n) is 4.53. The summed E-state index contributed by atoms with van der Waals surface area (Å²) in [7, 11) is 0. The van der Waals surface area contributed by atoms with Gasteiger partial charge in [-0.2, -0.15) is 13.2 Å². The molecule has 21 heavy (non-hydrogen) atoms. The van der Waals surface area contributed by atoms with E-state index in [1.54, 1.807) is 22.9 Å². The number of rotatable bonds is 6. The van der Waals surface area contributed by atoms with Gasteiger partial charge in [0.05, 0.1) is 10.4 Å². The molecule has 0 fully saturated rings. The van der Waals surface area contributed by atoms with Gasteiger partial charge in [-0.25, -0.2) is 0 Å². The van der Waals surface area contributed by atoms with Crippen LogP contribution in [0.2, 0.25) is 0 Å². The molecule has 2 aromatic rings. The summed E-state index contributed by atoms with van der Waals surface area (Å²) in [6.07, 6.45) is -2.18. The summed E-state index contributed by atoms with van der Waals surface area (Å²) in [5.74, 6) is 0. The van der Waals surface area contributed by atoms with E-state index < -0.39 is 17.7 Å². The van der Waals surface area contributed by atoms with E-state index in [1.165, 1.54) is 12.1 Å². The molecule has 8 heteroatoms. The molecule has 1 heterocycles. The largest absolute Gasteiger partial charge is 0.411 e. The molecule has 0 amide bonds. The standard InChI is InChI=1S/C13H13F3N2O3/c14-13(15,16)9-21-7-1-5-17-6-4-10-2-3-11(18(19)20)8-12(10)17/h2-4,6,8H,1,5,7,9H2. The van der Waals surface area contributed by atoms with E-state index in [9.17, 15) is 23.3 Å². The first-order valence-electron chi connectivity index (χ1n) is 6.24. The highest BCUT2D eigenvalue weighted by atomic mass is 19.4. The van der Waals surface area contributed by atoms with Gasteiger partial charge >= 0.3 is 6.18 Å². The Hall–Kier alpha value is -2.09. The van der Waals surface area contributed by atoms with Crippen molar-refractivity contribution in [2.75, 3.05) is 13.2 Å². The van der Waals surface area contributed by atoms with Gasteiger partial charge in [-0.1, -0.05) is 0 Å². The van der Waals surface area contributed by atoms with Gasteiger partial charge in [-0.15, -0.1) is 0 Å². The first kappa shape index (κ1) is 15.3. The van der Waals surface area contributed by atoms with E-state index in [4.69, 9.17) is 0 Å². The van der Waals surface area contributed by atoms with E-state index in [2.05, 4.69) is 4.74 Å². The average Bonchev–Trinajstić information content (AvgIpc) is 2.79. The summed E-state index contributed by atoms with van der Waals surface area (Å²) in [6, 6.07) is 6.31. The maximum Gasteiger partial charge on any atom is 0.411 e. The number of fused-ring (bicyclic) bond motifs is 1. The number of hydrogen-bond donors (Lipinski definition) is 0. The van der Waals surface area contributed by atoms with Crippen LogP contribution in [-0.2, 0) is 11.3 Å². The quantitative estimate of drug-likeness (QED) is 0.466. The number of halogens is 3. The maximum atomic E-state index is 11.9. The molecule has 114 valence electrons. The molecule has 1 aromatic carbocycles. The van der Waals surface area contributed by atoms with Gasteiger partial charge in [0.15, 0.2) is 0 Å². The number of aryl methyl sites for hydroxylation is 1. The number of aromatic nitrogens is 1. The Morgan fingerprint density at radius 1 is 1.29 bits per heavy atom. The Morgan fingerprint density at radius 2 is 2.05 bits per heavy atom. The maximum absolute atomic E-state index is 11.9. The van der Waals surface area contributed by atoms with Gasteiger partial charge in [0, 0.05) is 36.9 Å². The molecule has 0 radical (unpaired) electrons. The van der Waals surface area contributed by atoms with Crippen LogP contribution in [0.1, 0.15) is 6.42 Å². The van der Waals surface area contributed by atoms with Crippen molar-refractivity contribution in [3.05, 3.63) is 40.6 Å². The summed E-state index contributed by atoms with van der Waals surface area (Å²) >= 11 is 0. The molecule has 5 nitrogen and oxygen atoms in total. The van der Waals surface area contributed by atoms with Gasteiger partial charge in [0.2, 0.25) is 0 Å². The third kappa shape index (κ3) is 4.19. The van der Waals surface area contributed by atoms with E-state index in [0.29, 0.717) is 18.5 Å². The summed E-state index contributed by atoms with van der Waals surface area (Å²) in [4.78, 5) is 10.3. The molecular weight excluding hydrogens is 289 g/mol. The summed E-state index contributed by atoms with van der Waals surface area (Å²) in [5.41, 5.74) is 0.663. The van der Waals surface area contributed by atoms with Gasteiger partial charge in [-0.3, -0.25) is 10.1 Å². The number of nitrogens with zero attached hydrogens (tertiary/aromatic N) is 2. The summed E-state index contributed by atoms with van der Waals surface area (Å²) in [6.45, 7) is -0.846. The normalized spacial score (nSPS) is 12.0. The van der Waals surface area contributed by atoms with E-state index >= 15 is 0 Å². The average molecular weight is 302 g/mol. The van der Waals surface area contributed by atoms with Crippen molar-refractivity contribution in [2.45, 2.75) is 19.1 Å². The molecule has 0 aliphatic carbocycles. The third-order valence-electron chi connectivity index (χ3n) is 2.92. The first-order chi connectivity index (χ1) is 9.87. The highest BCUT2D eigenvalue weighted by Gasteiger charge is 2.27. The molecule has 0 bridgehead atoms. The molecule has 0 aliphatic heterocycles. The van der Waals surface area contributed by atoms with Gasteiger partial charge in [-0.05, 0) is 18.6 Å². The lowest BCUT2D eigenvalue weighted by atomic mass is 10.2. The molecule has 0 saturated heterocycles. The van der Waals surface area contributed by atoms with Crippen LogP contribution in [0.15, 0.2) is 30.5 Å². The number of non-ortho nitro benzene ring substituents is 1. The van der Waals surface area contributed by atoms with Crippen molar-refractivity contribution in [3.8, 4) is 0 Å². The Balaban J connectivity index is 1.96. The van der Waals surface area contributed by atoms with Crippen molar-refractivity contribution in [3.63, 3.8) is 0 Å². The lowest BCUT2D eigenvalue weighted by molar-refractivity contribution is -0.384. The number of benzene rings is 1. The van der Waals surface area contributed by atoms with Crippen molar-refractivity contribution in [1.29, 1.82) is 0 Å². The lowest BCUT2D eigenvalue weighted by Crippen LogP contribution is -2.17. The zero-order valence-corrected chi connectivity index (χ0v) is 11.0. The fraction of sp³-hybridized carbons (Fsp3) is 0.385. The highest BCUT2D eigenvalue weighted by Crippen LogP contribution is 2.22. The minimum Gasteiger partial charge on any atom is -0.372 e. The first-order valence-corrected chi connectivity index (χ1v) is 6.24. The Kier molecular flexibility index (Phi) is 4.46. The van der Waals surface area contributed by atoms with Gasteiger partial charge in [0.25, 0.3) is 5.69 Å². The van der Waals surface area contributed by atoms with Crippen LogP contribution >= 0.6 is 0 Å². The number of nitro groups is 1. The van der Waals surface area contributed by atoms with Crippen LogP contribution in [0.3, 0.4) is 0 Å². The minimum atomic E-state index is -4.32. The molecule has 2 rings (SSSR count). The Morgan fingerprint density at radius 3 is 2.71 bits per heavy atom. The summed E-state index contributed by atoms with van der Waals surface area (Å²) in [5, 5.41) is 11.6. The monoisotopic (exact) mass is 302 g/mol. The molecule has 0 N–H and O–H groups in total. The fourth-order valence-electron chi connectivity index (χ4n) is 2.01. The van der Waals surface area contributed by atoms with Crippen LogP contribution in [0.4, 0.5) is 18.9 Å². The molecular formula is C13H13F3N2O3. The van der Waals surface area contributed by atoms with Crippen molar-refractivity contribution < 1.29 is 22.8 Å². The van der Waals surface area contributed by atoms with Crippen LogP contribution in [0.25, 0.3) is 10.9 Å². The number of ether oxygens (including phenoxy) is 1. The molecule has 0 spiro atoms. The predicted octanol–water partition coefficient (Wildman–Crippen LogP) is 3.52. The smallest absolute Gasteiger partial charge is 0.372 e. The SMILES string of the molecule is O=[N+]([O-])c1ccc2ccn(CCCOCC(F)(F)F)c2c1. The van der Waals surface area contributed by atoms with Crippen LogP contribution in [0.5, 0.6) is 0 Å². The topological polar surface area (TPSA) is 57.3 Å². The second-order valence-corrected chi connectivity index (χ2v) is 4.53. The molecule has 1 aromatic heterocycles. The molecule has 0 atom stereocenters. The highest BCUT2D eigenvalue weighted by molar-refractivity contribution is 5.82. The van der Waals surface area contributed by atoms with E-state index in [1.807, 2.05) is 0 Å². The number of hydrogen-bond acceptors (Lipinski definition) is 3. The van der Waals surface area contributed by atoms with Crippen molar-refractivity contribution >= 4 is 16.6 Å². The van der Waals surface area contributed by atoms with E-state index in [0.717, 1.165) is 5.39 Å².